The maximum atomic E-state index is 13.3. The minimum atomic E-state index is -1.05. The van der Waals surface area contributed by atoms with Gasteiger partial charge in [-0.15, -0.1) is 0 Å². The Balaban J connectivity index is 0.972. The van der Waals surface area contributed by atoms with Gasteiger partial charge in [-0.2, -0.15) is 5.10 Å². The third-order valence-electron chi connectivity index (χ3n) is 9.82. The first-order valence-corrected chi connectivity index (χ1v) is 17.2. The van der Waals surface area contributed by atoms with E-state index >= 15 is 0 Å². The Kier molecular flexibility index (Phi) is 10.7. The van der Waals surface area contributed by atoms with Crippen molar-refractivity contribution in [3.05, 3.63) is 76.5 Å². The van der Waals surface area contributed by atoms with Crippen molar-refractivity contribution in [2.75, 3.05) is 43.4 Å². The fraction of sp³-hybridized carbons (Fsp3) is 0.417. The fourth-order valence-corrected chi connectivity index (χ4v) is 7.16. The van der Waals surface area contributed by atoms with E-state index in [2.05, 4.69) is 30.6 Å². The SMILES string of the molecule is CNC(=O)C(CCC=O)N1C(=O)c2ccc(N3CCN(Cc4ccc(CC(=O)Nc5cc(C6CCC(OC(N)=O)C6)[nH]n5)cc4)CC3)cc2C1=O. The summed E-state index contributed by atoms with van der Waals surface area (Å²) in [6.07, 6.45) is 2.25. The van der Waals surface area contributed by atoms with Crippen LogP contribution in [-0.2, 0) is 32.1 Å². The zero-order chi connectivity index (χ0) is 36.1. The van der Waals surface area contributed by atoms with Gasteiger partial charge in [0.25, 0.3) is 11.8 Å². The molecule has 15 heteroatoms. The topological polar surface area (TPSA) is 200 Å². The van der Waals surface area contributed by atoms with Gasteiger partial charge in [-0.25, -0.2) is 4.79 Å². The molecule has 0 spiro atoms. The first-order chi connectivity index (χ1) is 24.6. The molecule has 2 aromatic carbocycles. The molecule has 1 saturated heterocycles. The molecule has 2 aliphatic heterocycles. The van der Waals surface area contributed by atoms with Crippen LogP contribution in [0.3, 0.4) is 0 Å². The standard InChI is InChI=1S/C36H42N8O7/c1-38-33(47)30(3-2-16-45)44-34(48)27-11-9-25(19-28(27)35(44)49)43-14-12-42(13-15-43)21-23-6-4-22(5-7-23)17-32(46)39-31-20-29(40-41-31)24-8-10-26(18-24)51-36(37)50/h4-7,9,11,16,19-20,24,26,30H,2-3,8,10,12-15,17-18,21H2,1H3,(H2,37,50)(H,38,47)(H2,39,40,41,46). The van der Waals surface area contributed by atoms with Crippen molar-refractivity contribution >= 4 is 47.5 Å². The first-order valence-electron chi connectivity index (χ1n) is 17.2. The number of nitrogens with zero attached hydrogens (tertiary/aromatic N) is 4. The Morgan fingerprint density at radius 1 is 1.00 bits per heavy atom. The van der Waals surface area contributed by atoms with E-state index in [0.717, 1.165) is 73.0 Å². The molecule has 6 rings (SSSR count). The number of piperazine rings is 1. The van der Waals surface area contributed by atoms with Crippen LogP contribution >= 0.6 is 0 Å². The molecule has 3 aliphatic rings. The van der Waals surface area contributed by atoms with Crippen LogP contribution in [0.5, 0.6) is 0 Å². The molecular formula is C36H42N8O7. The Hall–Kier alpha value is -5.57. The average Bonchev–Trinajstić information content (AvgIpc) is 3.84. The molecule has 3 unspecified atom stereocenters. The second-order valence-electron chi connectivity index (χ2n) is 13.2. The van der Waals surface area contributed by atoms with Crippen molar-refractivity contribution in [3.8, 4) is 0 Å². The van der Waals surface area contributed by atoms with Crippen LogP contribution in [0, 0.1) is 0 Å². The largest absolute Gasteiger partial charge is 0.446 e. The normalized spacial score (nSPS) is 19.5. The number of carbonyl (C=O) groups is 6. The molecule has 2 fully saturated rings. The fourth-order valence-electron chi connectivity index (χ4n) is 7.16. The number of H-pyrrole nitrogens is 1. The highest BCUT2D eigenvalue weighted by Gasteiger charge is 2.42. The summed E-state index contributed by atoms with van der Waals surface area (Å²) in [6.45, 7) is 3.77. The van der Waals surface area contributed by atoms with E-state index in [9.17, 15) is 28.8 Å². The molecule has 5 N–H and O–H groups in total. The number of ether oxygens (including phenoxy) is 1. The lowest BCUT2D eigenvalue weighted by molar-refractivity contribution is -0.124. The van der Waals surface area contributed by atoms with E-state index in [1.807, 2.05) is 36.4 Å². The highest BCUT2D eigenvalue weighted by molar-refractivity contribution is 6.23. The van der Waals surface area contributed by atoms with Crippen LogP contribution in [0.4, 0.5) is 16.3 Å². The number of likely N-dealkylation sites (N-methyl/N-ethyl adjacent to an activating group) is 1. The summed E-state index contributed by atoms with van der Waals surface area (Å²) in [5.41, 5.74) is 9.38. The number of anilines is 2. The molecule has 0 bridgehead atoms. The second-order valence-corrected chi connectivity index (χ2v) is 13.2. The quantitative estimate of drug-likeness (QED) is 0.152. The minimum absolute atomic E-state index is 0.0531. The Labute approximate surface area is 294 Å². The molecule has 0 radical (unpaired) electrons. The molecule has 1 aliphatic carbocycles. The highest BCUT2D eigenvalue weighted by Crippen LogP contribution is 2.36. The summed E-state index contributed by atoms with van der Waals surface area (Å²) in [7, 11) is 1.43. The maximum Gasteiger partial charge on any atom is 0.404 e. The van der Waals surface area contributed by atoms with E-state index in [1.54, 1.807) is 12.1 Å². The molecular weight excluding hydrogens is 656 g/mol. The van der Waals surface area contributed by atoms with Crippen molar-refractivity contribution in [1.82, 2.24) is 25.3 Å². The zero-order valence-electron chi connectivity index (χ0n) is 28.4. The third kappa shape index (κ3) is 8.09. The van der Waals surface area contributed by atoms with Gasteiger partial charge in [0.05, 0.1) is 17.5 Å². The number of rotatable bonds is 13. The molecule has 3 aromatic rings. The molecule has 3 atom stereocenters. The predicted octanol–water partition coefficient (Wildman–Crippen LogP) is 2.33. The predicted molar refractivity (Wildman–Crippen MR) is 186 cm³/mol. The Morgan fingerprint density at radius 3 is 2.43 bits per heavy atom. The summed E-state index contributed by atoms with van der Waals surface area (Å²) in [5, 5.41) is 12.6. The number of carbonyl (C=O) groups excluding carboxylic acids is 6. The van der Waals surface area contributed by atoms with Gasteiger partial charge in [0.2, 0.25) is 11.8 Å². The van der Waals surface area contributed by atoms with Crippen LogP contribution in [0.15, 0.2) is 48.5 Å². The molecule has 268 valence electrons. The van der Waals surface area contributed by atoms with E-state index in [1.165, 1.54) is 7.05 Å². The van der Waals surface area contributed by atoms with Crippen molar-refractivity contribution in [2.45, 2.75) is 63.1 Å². The van der Waals surface area contributed by atoms with E-state index in [-0.39, 0.29) is 48.3 Å². The smallest absolute Gasteiger partial charge is 0.404 e. The third-order valence-corrected chi connectivity index (χ3v) is 9.82. The van der Waals surface area contributed by atoms with Gasteiger partial charge in [0.15, 0.2) is 5.82 Å². The van der Waals surface area contributed by atoms with Crippen LogP contribution in [0.2, 0.25) is 0 Å². The number of aromatic nitrogens is 2. The summed E-state index contributed by atoms with van der Waals surface area (Å²) < 4.78 is 5.11. The number of nitrogens with two attached hydrogens (primary N) is 1. The van der Waals surface area contributed by atoms with E-state index in [0.29, 0.717) is 18.5 Å². The minimum Gasteiger partial charge on any atom is -0.446 e. The second kappa shape index (κ2) is 15.5. The zero-order valence-corrected chi connectivity index (χ0v) is 28.4. The van der Waals surface area contributed by atoms with E-state index < -0.39 is 29.9 Å². The van der Waals surface area contributed by atoms with Gasteiger partial charge in [-0.05, 0) is 55.0 Å². The lowest BCUT2D eigenvalue weighted by Gasteiger charge is -2.36. The van der Waals surface area contributed by atoms with Crippen LogP contribution in [0.1, 0.15) is 75.6 Å². The van der Waals surface area contributed by atoms with Gasteiger partial charge in [-0.1, -0.05) is 24.3 Å². The lowest BCUT2D eigenvalue weighted by atomic mass is 10.0. The number of hydrogen-bond donors (Lipinski definition) is 4. The van der Waals surface area contributed by atoms with Crippen LogP contribution in [0.25, 0.3) is 0 Å². The summed E-state index contributed by atoms with van der Waals surface area (Å²) in [6, 6.07) is 13.9. The van der Waals surface area contributed by atoms with Gasteiger partial charge >= 0.3 is 6.09 Å². The van der Waals surface area contributed by atoms with Crippen molar-refractivity contribution in [2.24, 2.45) is 5.73 Å². The highest BCUT2D eigenvalue weighted by atomic mass is 16.6. The molecule has 1 aromatic heterocycles. The molecule has 5 amide bonds. The van der Waals surface area contributed by atoms with Gasteiger partial charge in [-0.3, -0.25) is 34.1 Å². The van der Waals surface area contributed by atoms with Crippen LogP contribution < -0.4 is 21.3 Å². The Morgan fingerprint density at radius 2 is 1.73 bits per heavy atom. The first kappa shape index (κ1) is 35.3. The number of aldehydes is 1. The van der Waals surface area contributed by atoms with Gasteiger partial charge in [0, 0.05) is 69.6 Å². The van der Waals surface area contributed by atoms with Gasteiger partial charge in [0.1, 0.15) is 18.4 Å². The summed E-state index contributed by atoms with van der Waals surface area (Å²) in [5.74, 6) is -1.11. The van der Waals surface area contributed by atoms with Crippen molar-refractivity contribution < 1.29 is 33.5 Å². The number of benzene rings is 2. The van der Waals surface area contributed by atoms with Gasteiger partial charge < -0.3 is 30.8 Å². The van der Waals surface area contributed by atoms with Crippen molar-refractivity contribution in [3.63, 3.8) is 0 Å². The summed E-state index contributed by atoms with van der Waals surface area (Å²) in [4.78, 5) is 79.2. The number of nitrogens with one attached hydrogen (secondary N) is 3. The maximum absolute atomic E-state index is 13.3. The van der Waals surface area contributed by atoms with Crippen molar-refractivity contribution in [1.29, 1.82) is 0 Å². The molecule has 3 heterocycles. The number of amides is 5. The molecule has 15 nitrogen and oxygen atoms in total. The number of aromatic amines is 1. The number of primary amides is 1. The lowest BCUT2D eigenvalue weighted by Crippen LogP contribution is -2.48. The monoisotopic (exact) mass is 698 g/mol. The molecule has 51 heavy (non-hydrogen) atoms. The Bertz CT molecular complexity index is 1800. The van der Waals surface area contributed by atoms with Crippen LogP contribution in [-0.4, -0.2) is 101 Å². The number of fused-ring (bicyclic) bond motifs is 1. The number of imide groups is 1. The summed E-state index contributed by atoms with van der Waals surface area (Å²) >= 11 is 0. The van der Waals surface area contributed by atoms with E-state index in [4.69, 9.17) is 10.5 Å². The average molecular weight is 699 g/mol. The molecule has 1 saturated carbocycles. The number of hydrogen-bond acceptors (Lipinski definition) is 10.